The van der Waals surface area contributed by atoms with Crippen LogP contribution in [0.5, 0.6) is 0 Å². The molecule has 0 saturated heterocycles. The summed E-state index contributed by atoms with van der Waals surface area (Å²) in [4.78, 5) is 4.09. The normalized spacial score (nSPS) is 9.64. The van der Waals surface area contributed by atoms with Crippen LogP contribution in [0.3, 0.4) is 0 Å². The molecule has 0 bridgehead atoms. The van der Waals surface area contributed by atoms with Gasteiger partial charge < -0.3 is 10.4 Å². The second kappa shape index (κ2) is 3.93. The van der Waals surface area contributed by atoms with Gasteiger partial charge in [0, 0.05) is 19.9 Å². The lowest BCUT2D eigenvalue weighted by Crippen LogP contribution is -1.95. The molecule has 1 rings (SSSR count). The maximum atomic E-state index is 8.60. The molecular formula is C8H12N2O. The van der Waals surface area contributed by atoms with Gasteiger partial charge in [0.25, 0.3) is 0 Å². The summed E-state index contributed by atoms with van der Waals surface area (Å²) in [5, 5.41) is 11.5. The van der Waals surface area contributed by atoms with Gasteiger partial charge in [0.1, 0.15) is 5.82 Å². The monoisotopic (exact) mass is 152 g/mol. The minimum Gasteiger partial charge on any atom is -0.396 e. The van der Waals surface area contributed by atoms with Crippen LogP contribution in [-0.2, 0) is 6.42 Å². The van der Waals surface area contributed by atoms with E-state index in [1.165, 1.54) is 0 Å². The topological polar surface area (TPSA) is 45.1 Å². The average Bonchev–Trinajstić information content (AvgIpc) is 2.07. The molecule has 1 aromatic rings. The van der Waals surface area contributed by atoms with Crippen LogP contribution in [0.25, 0.3) is 0 Å². The number of nitrogens with one attached hydrogen (secondary N) is 1. The summed E-state index contributed by atoms with van der Waals surface area (Å²) < 4.78 is 0. The molecule has 3 heteroatoms. The molecule has 1 aromatic heterocycles. The molecule has 0 atom stereocenters. The van der Waals surface area contributed by atoms with Crippen molar-refractivity contribution in [2.75, 3.05) is 19.0 Å². The van der Waals surface area contributed by atoms with Gasteiger partial charge in [-0.3, -0.25) is 0 Å². The highest BCUT2D eigenvalue weighted by molar-refractivity contribution is 5.34. The highest BCUT2D eigenvalue weighted by atomic mass is 16.2. The molecule has 0 aliphatic carbocycles. The van der Waals surface area contributed by atoms with Crippen molar-refractivity contribution in [2.45, 2.75) is 6.42 Å². The van der Waals surface area contributed by atoms with E-state index in [4.69, 9.17) is 5.11 Å². The van der Waals surface area contributed by atoms with Gasteiger partial charge in [0.2, 0.25) is 0 Å². The maximum absolute atomic E-state index is 8.60. The number of aliphatic hydroxyl groups is 1. The third kappa shape index (κ3) is 2.20. The number of pyridine rings is 1. The van der Waals surface area contributed by atoms with Crippen LogP contribution in [0.15, 0.2) is 18.3 Å². The van der Waals surface area contributed by atoms with Gasteiger partial charge in [-0.2, -0.15) is 0 Å². The SMILES string of the molecule is CNc1ccc(CCO)cn1. The van der Waals surface area contributed by atoms with Crippen molar-refractivity contribution in [2.24, 2.45) is 0 Å². The fourth-order valence-corrected chi connectivity index (χ4v) is 0.849. The highest BCUT2D eigenvalue weighted by Gasteiger charge is 1.91. The number of anilines is 1. The predicted octanol–water partition coefficient (Wildman–Crippen LogP) is 0.658. The third-order valence-electron chi connectivity index (χ3n) is 1.48. The molecule has 1 heterocycles. The Morgan fingerprint density at radius 3 is 2.82 bits per heavy atom. The Balaban J connectivity index is 2.66. The first-order valence-electron chi connectivity index (χ1n) is 3.60. The fourth-order valence-electron chi connectivity index (χ4n) is 0.849. The molecule has 60 valence electrons. The summed E-state index contributed by atoms with van der Waals surface area (Å²) in [6, 6.07) is 3.85. The van der Waals surface area contributed by atoms with Crippen LogP contribution in [0, 0.1) is 0 Å². The van der Waals surface area contributed by atoms with Gasteiger partial charge >= 0.3 is 0 Å². The molecule has 0 aliphatic heterocycles. The van der Waals surface area contributed by atoms with Crippen LogP contribution in [0.1, 0.15) is 5.56 Å². The van der Waals surface area contributed by atoms with Crippen molar-refractivity contribution in [3.05, 3.63) is 23.9 Å². The van der Waals surface area contributed by atoms with Gasteiger partial charge in [-0.25, -0.2) is 4.98 Å². The zero-order valence-electron chi connectivity index (χ0n) is 6.54. The first kappa shape index (κ1) is 8.01. The molecule has 0 saturated carbocycles. The summed E-state index contributed by atoms with van der Waals surface area (Å²) >= 11 is 0. The van der Waals surface area contributed by atoms with Crippen LogP contribution in [-0.4, -0.2) is 23.7 Å². The fraction of sp³-hybridized carbons (Fsp3) is 0.375. The van der Waals surface area contributed by atoms with E-state index in [0.29, 0.717) is 6.42 Å². The summed E-state index contributed by atoms with van der Waals surface area (Å²) in [6.45, 7) is 0.181. The second-order valence-corrected chi connectivity index (χ2v) is 2.28. The predicted molar refractivity (Wildman–Crippen MR) is 44.6 cm³/mol. The Hall–Kier alpha value is -1.09. The summed E-state index contributed by atoms with van der Waals surface area (Å²) in [7, 11) is 1.83. The Labute approximate surface area is 66.1 Å². The molecule has 2 N–H and O–H groups in total. The average molecular weight is 152 g/mol. The minimum absolute atomic E-state index is 0.181. The zero-order valence-corrected chi connectivity index (χ0v) is 6.54. The minimum atomic E-state index is 0.181. The smallest absolute Gasteiger partial charge is 0.125 e. The molecule has 0 spiro atoms. The van der Waals surface area contributed by atoms with E-state index in [0.717, 1.165) is 11.4 Å². The van der Waals surface area contributed by atoms with Crippen molar-refractivity contribution >= 4 is 5.82 Å². The standard InChI is InChI=1S/C8H12N2O/c1-9-8-3-2-7(4-5-11)6-10-8/h2-3,6,11H,4-5H2,1H3,(H,9,10). The maximum Gasteiger partial charge on any atom is 0.125 e. The lowest BCUT2D eigenvalue weighted by atomic mass is 10.2. The molecule has 3 nitrogen and oxygen atoms in total. The van der Waals surface area contributed by atoms with E-state index >= 15 is 0 Å². The van der Waals surface area contributed by atoms with E-state index in [1.807, 2.05) is 19.2 Å². The third-order valence-corrected chi connectivity index (χ3v) is 1.48. The van der Waals surface area contributed by atoms with E-state index < -0.39 is 0 Å². The van der Waals surface area contributed by atoms with E-state index in [1.54, 1.807) is 6.20 Å². The van der Waals surface area contributed by atoms with Gasteiger partial charge in [0.05, 0.1) is 0 Å². The summed E-state index contributed by atoms with van der Waals surface area (Å²) in [5.41, 5.74) is 1.06. The van der Waals surface area contributed by atoms with Crippen molar-refractivity contribution in [1.29, 1.82) is 0 Å². The number of nitrogens with zero attached hydrogens (tertiary/aromatic N) is 1. The first-order valence-corrected chi connectivity index (χ1v) is 3.60. The van der Waals surface area contributed by atoms with Crippen molar-refractivity contribution < 1.29 is 5.11 Å². The highest BCUT2D eigenvalue weighted by Crippen LogP contribution is 2.03. The van der Waals surface area contributed by atoms with E-state index in [9.17, 15) is 0 Å². The lowest BCUT2D eigenvalue weighted by molar-refractivity contribution is 0.299. The number of aliphatic hydroxyl groups excluding tert-OH is 1. The molecular weight excluding hydrogens is 140 g/mol. The number of aromatic nitrogens is 1. The van der Waals surface area contributed by atoms with Crippen LogP contribution in [0.2, 0.25) is 0 Å². The number of hydrogen-bond acceptors (Lipinski definition) is 3. The van der Waals surface area contributed by atoms with Gasteiger partial charge in [-0.15, -0.1) is 0 Å². The Morgan fingerprint density at radius 2 is 2.36 bits per heavy atom. The molecule has 11 heavy (non-hydrogen) atoms. The van der Waals surface area contributed by atoms with Crippen LogP contribution < -0.4 is 5.32 Å². The first-order chi connectivity index (χ1) is 5.36. The van der Waals surface area contributed by atoms with Gasteiger partial charge in [0.15, 0.2) is 0 Å². The summed E-state index contributed by atoms with van der Waals surface area (Å²) in [6.07, 6.45) is 2.44. The Bertz CT molecular complexity index is 208. The summed E-state index contributed by atoms with van der Waals surface area (Å²) in [5.74, 6) is 0.853. The van der Waals surface area contributed by atoms with Crippen molar-refractivity contribution in [1.82, 2.24) is 4.98 Å². The van der Waals surface area contributed by atoms with Crippen molar-refractivity contribution in [3.8, 4) is 0 Å². The molecule has 0 unspecified atom stereocenters. The number of hydrogen-bond donors (Lipinski definition) is 2. The molecule has 0 amide bonds. The molecule has 0 aromatic carbocycles. The second-order valence-electron chi connectivity index (χ2n) is 2.28. The zero-order chi connectivity index (χ0) is 8.10. The molecule has 0 fully saturated rings. The number of rotatable bonds is 3. The van der Waals surface area contributed by atoms with E-state index in [-0.39, 0.29) is 6.61 Å². The largest absolute Gasteiger partial charge is 0.396 e. The molecule has 0 radical (unpaired) electrons. The molecule has 0 aliphatic rings. The van der Waals surface area contributed by atoms with Crippen LogP contribution in [0.4, 0.5) is 5.82 Å². The van der Waals surface area contributed by atoms with Gasteiger partial charge in [-0.1, -0.05) is 6.07 Å². The lowest BCUT2D eigenvalue weighted by Gasteiger charge is -1.99. The van der Waals surface area contributed by atoms with Crippen LogP contribution >= 0.6 is 0 Å². The van der Waals surface area contributed by atoms with E-state index in [2.05, 4.69) is 10.3 Å². The van der Waals surface area contributed by atoms with Crippen molar-refractivity contribution in [3.63, 3.8) is 0 Å². The Morgan fingerprint density at radius 1 is 1.55 bits per heavy atom. The van der Waals surface area contributed by atoms with Gasteiger partial charge in [-0.05, 0) is 18.1 Å². The quantitative estimate of drug-likeness (QED) is 0.668. The Kier molecular flexibility index (Phi) is 2.86.